The van der Waals surface area contributed by atoms with E-state index in [9.17, 15) is 13.2 Å². The van der Waals surface area contributed by atoms with Crippen molar-refractivity contribution in [2.24, 2.45) is 0 Å². The number of nitrogens with one attached hydrogen (secondary N) is 1. The van der Waals surface area contributed by atoms with Crippen molar-refractivity contribution in [1.29, 1.82) is 0 Å². The normalized spacial score (nSPS) is 11.5. The molecule has 0 aliphatic heterocycles. The highest BCUT2D eigenvalue weighted by Gasteiger charge is 2.18. The van der Waals surface area contributed by atoms with E-state index in [0.717, 1.165) is 8.78 Å². The van der Waals surface area contributed by atoms with Gasteiger partial charge in [0.05, 0.1) is 6.42 Å². The number of rotatable bonds is 6. The summed E-state index contributed by atoms with van der Waals surface area (Å²) in [5.41, 5.74) is 0.417. The van der Waals surface area contributed by atoms with Crippen molar-refractivity contribution >= 4 is 37.8 Å². The van der Waals surface area contributed by atoms with Crippen LogP contribution in [0.3, 0.4) is 0 Å². The molecule has 0 aromatic heterocycles. The van der Waals surface area contributed by atoms with E-state index >= 15 is 0 Å². The van der Waals surface area contributed by atoms with Gasteiger partial charge in [0.2, 0.25) is 0 Å². The van der Waals surface area contributed by atoms with Crippen LogP contribution in [0.2, 0.25) is 0 Å². The molecule has 6 nitrogen and oxygen atoms in total. The first-order valence-corrected chi connectivity index (χ1v) is 7.26. The van der Waals surface area contributed by atoms with Crippen molar-refractivity contribution in [2.45, 2.75) is 6.42 Å². The van der Waals surface area contributed by atoms with Crippen LogP contribution >= 0.6 is 15.9 Å². The number of benzene rings is 1. The first-order valence-electron chi connectivity index (χ1n) is 5.03. The molecule has 0 atom stereocenters. The second kappa shape index (κ2) is 6.17. The topological polar surface area (TPSA) is 86.7 Å². The van der Waals surface area contributed by atoms with Gasteiger partial charge in [-0.25, -0.2) is 0 Å². The van der Waals surface area contributed by atoms with Crippen molar-refractivity contribution in [2.75, 3.05) is 18.3 Å². The van der Waals surface area contributed by atoms with E-state index in [4.69, 9.17) is 5.11 Å². The summed E-state index contributed by atoms with van der Waals surface area (Å²) in [7, 11) is -2.39. The van der Waals surface area contributed by atoms with Gasteiger partial charge in [-0.3, -0.25) is 9.52 Å². The van der Waals surface area contributed by atoms with Gasteiger partial charge >= 0.3 is 16.2 Å². The summed E-state index contributed by atoms with van der Waals surface area (Å²) < 4.78 is 27.8. The fourth-order valence-electron chi connectivity index (χ4n) is 1.12. The van der Waals surface area contributed by atoms with Gasteiger partial charge in [-0.2, -0.15) is 12.7 Å². The van der Waals surface area contributed by atoms with Gasteiger partial charge in [-0.1, -0.05) is 15.9 Å². The van der Waals surface area contributed by atoms with Gasteiger partial charge in [0.1, 0.15) is 0 Å². The second-order valence-electron chi connectivity index (χ2n) is 3.58. The Labute approximate surface area is 114 Å². The van der Waals surface area contributed by atoms with E-state index in [1.807, 2.05) is 0 Å². The SMILES string of the molecule is CN(CCC(=O)O)S(=O)(=O)Nc1ccc(Br)cc1. The Bertz CT molecular complexity index is 515. The summed E-state index contributed by atoms with van der Waals surface area (Å²) in [5.74, 6) is -1.04. The number of carbonyl (C=O) groups is 1. The standard InChI is InChI=1S/C10H13BrN2O4S/c1-13(7-6-10(14)15)18(16,17)12-9-4-2-8(11)3-5-9/h2-5,12H,6-7H2,1H3,(H,14,15). The van der Waals surface area contributed by atoms with E-state index in [2.05, 4.69) is 20.7 Å². The molecular formula is C10H13BrN2O4S. The summed E-state index contributed by atoms with van der Waals surface area (Å²) in [6.45, 7) is -0.0821. The maximum Gasteiger partial charge on any atom is 0.304 e. The van der Waals surface area contributed by atoms with Crippen molar-refractivity contribution in [3.8, 4) is 0 Å². The minimum Gasteiger partial charge on any atom is -0.481 e. The third kappa shape index (κ3) is 4.63. The molecule has 1 aromatic rings. The molecule has 0 bridgehead atoms. The fourth-order valence-corrected chi connectivity index (χ4v) is 2.30. The molecule has 18 heavy (non-hydrogen) atoms. The largest absolute Gasteiger partial charge is 0.481 e. The Morgan fingerprint density at radius 3 is 2.44 bits per heavy atom. The zero-order valence-corrected chi connectivity index (χ0v) is 12.0. The molecule has 0 unspecified atom stereocenters. The van der Waals surface area contributed by atoms with Crippen molar-refractivity contribution in [1.82, 2.24) is 4.31 Å². The minimum atomic E-state index is -3.72. The van der Waals surface area contributed by atoms with E-state index in [1.165, 1.54) is 7.05 Å². The number of carboxylic acids is 1. The maximum atomic E-state index is 11.8. The summed E-state index contributed by atoms with van der Waals surface area (Å²) in [6, 6.07) is 6.61. The van der Waals surface area contributed by atoms with Gasteiger partial charge in [-0.15, -0.1) is 0 Å². The van der Waals surface area contributed by atoms with Crippen LogP contribution in [0.5, 0.6) is 0 Å². The van der Waals surface area contributed by atoms with Crippen LogP contribution in [-0.2, 0) is 15.0 Å². The van der Waals surface area contributed by atoms with E-state index < -0.39 is 16.2 Å². The van der Waals surface area contributed by atoms with Gasteiger partial charge in [-0.05, 0) is 24.3 Å². The molecule has 0 aliphatic rings. The summed E-state index contributed by atoms with van der Waals surface area (Å²) >= 11 is 3.24. The molecule has 8 heteroatoms. The molecule has 0 saturated carbocycles. The lowest BCUT2D eigenvalue weighted by Crippen LogP contribution is -2.34. The molecule has 2 N–H and O–H groups in total. The lowest BCUT2D eigenvalue weighted by atomic mass is 10.3. The number of aliphatic carboxylic acids is 1. The molecule has 0 spiro atoms. The molecule has 0 amide bonds. The average molecular weight is 337 g/mol. The van der Waals surface area contributed by atoms with Crippen molar-refractivity contribution in [3.63, 3.8) is 0 Å². The first kappa shape index (κ1) is 14.9. The van der Waals surface area contributed by atoms with Crippen LogP contribution < -0.4 is 4.72 Å². The van der Waals surface area contributed by atoms with Crippen LogP contribution in [-0.4, -0.2) is 37.4 Å². The van der Waals surface area contributed by atoms with Crippen molar-refractivity contribution < 1.29 is 18.3 Å². The Hall–Kier alpha value is -1.12. The highest BCUT2D eigenvalue weighted by molar-refractivity contribution is 9.10. The fraction of sp³-hybridized carbons (Fsp3) is 0.300. The second-order valence-corrected chi connectivity index (χ2v) is 6.27. The third-order valence-electron chi connectivity index (χ3n) is 2.14. The summed E-state index contributed by atoms with van der Waals surface area (Å²) in [6.07, 6.45) is -0.238. The Morgan fingerprint density at radius 1 is 1.39 bits per heavy atom. The smallest absolute Gasteiger partial charge is 0.304 e. The lowest BCUT2D eigenvalue weighted by Gasteiger charge is -2.17. The van der Waals surface area contributed by atoms with Gasteiger partial charge in [0, 0.05) is 23.8 Å². The highest BCUT2D eigenvalue weighted by Crippen LogP contribution is 2.16. The highest BCUT2D eigenvalue weighted by atomic mass is 79.9. The van der Waals surface area contributed by atoms with Crippen LogP contribution in [0.25, 0.3) is 0 Å². The molecule has 0 saturated heterocycles. The predicted octanol–water partition coefficient (Wildman–Crippen LogP) is 1.51. The van der Waals surface area contributed by atoms with E-state index in [0.29, 0.717) is 5.69 Å². The quantitative estimate of drug-likeness (QED) is 0.824. The van der Waals surface area contributed by atoms with Gasteiger partial charge in [0.15, 0.2) is 0 Å². The molecule has 1 aromatic carbocycles. The maximum absolute atomic E-state index is 11.8. The van der Waals surface area contributed by atoms with Gasteiger partial charge in [0.25, 0.3) is 0 Å². The Morgan fingerprint density at radius 2 is 1.94 bits per heavy atom. The molecule has 0 fully saturated rings. The molecule has 0 aliphatic carbocycles. The van der Waals surface area contributed by atoms with E-state index in [-0.39, 0.29) is 13.0 Å². The van der Waals surface area contributed by atoms with E-state index in [1.54, 1.807) is 24.3 Å². The number of nitrogens with zero attached hydrogens (tertiary/aromatic N) is 1. The van der Waals surface area contributed by atoms with Crippen LogP contribution in [0.4, 0.5) is 5.69 Å². The molecular weight excluding hydrogens is 324 g/mol. The lowest BCUT2D eigenvalue weighted by molar-refractivity contribution is -0.137. The summed E-state index contributed by atoms with van der Waals surface area (Å²) in [5, 5.41) is 8.50. The van der Waals surface area contributed by atoms with Gasteiger partial charge < -0.3 is 5.11 Å². The Balaban J connectivity index is 2.69. The number of hydrogen-bond donors (Lipinski definition) is 2. The zero-order valence-electron chi connectivity index (χ0n) is 9.63. The van der Waals surface area contributed by atoms with Crippen molar-refractivity contribution in [3.05, 3.63) is 28.7 Å². The molecule has 0 heterocycles. The number of hydrogen-bond acceptors (Lipinski definition) is 3. The van der Waals surface area contributed by atoms with Crippen LogP contribution in [0.1, 0.15) is 6.42 Å². The zero-order chi connectivity index (χ0) is 13.8. The summed E-state index contributed by atoms with van der Waals surface area (Å²) in [4.78, 5) is 10.4. The molecule has 0 radical (unpaired) electrons. The number of carboxylic acid groups (broad SMARTS) is 1. The number of halogens is 1. The average Bonchev–Trinajstić information content (AvgIpc) is 2.28. The third-order valence-corrected chi connectivity index (χ3v) is 4.17. The minimum absolute atomic E-state index is 0.0821. The Kier molecular flexibility index (Phi) is 5.12. The van der Waals surface area contributed by atoms with Crippen LogP contribution in [0, 0.1) is 0 Å². The first-order chi connectivity index (χ1) is 8.31. The molecule has 1 rings (SSSR count). The predicted molar refractivity (Wildman–Crippen MR) is 71.6 cm³/mol. The monoisotopic (exact) mass is 336 g/mol. The molecule has 100 valence electrons. The van der Waals surface area contributed by atoms with Crippen LogP contribution in [0.15, 0.2) is 28.7 Å². The number of anilines is 1.